The summed E-state index contributed by atoms with van der Waals surface area (Å²) in [5.41, 5.74) is 0.685. The molecule has 72 valence electrons. The van der Waals surface area contributed by atoms with Gasteiger partial charge in [0, 0.05) is 19.5 Å². The average Bonchev–Trinajstić information content (AvgIpc) is 2.94. The lowest BCUT2D eigenvalue weighted by Gasteiger charge is -2.21. The lowest BCUT2D eigenvalue weighted by Crippen LogP contribution is -2.29. The molecule has 0 aromatic heterocycles. The van der Waals surface area contributed by atoms with E-state index >= 15 is 0 Å². The molecule has 2 aliphatic carbocycles. The van der Waals surface area contributed by atoms with Gasteiger partial charge in [0.05, 0.1) is 6.54 Å². The van der Waals surface area contributed by atoms with Crippen LogP contribution >= 0.6 is 0 Å². The summed E-state index contributed by atoms with van der Waals surface area (Å²) in [7, 11) is 0. The standard InChI is InChI=1S/C11H17NO/c13-10-3-6-12(7-10)8-11(4-5-11)9-1-2-9/h9H,1-8H2. The van der Waals surface area contributed by atoms with Crippen molar-refractivity contribution in [3.05, 3.63) is 0 Å². The maximum Gasteiger partial charge on any atom is 0.148 e. The van der Waals surface area contributed by atoms with Gasteiger partial charge in [-0.3, -0.25) is 9.69 Å². The number of likely N-dealkylation sites (tertiary alicyclic amines) is 1. The van der Waals surface area contributed by atoms with Crippen LogP contribution in [-0.4, -0.2) is 30.3 Å². The third kappa shape index (κ3) is 1.41. The molecule has 0 amide bonds. The van der Waals surface area contributed by atoms with Crippen LogP contribution < -0.4 is 0 Å². The molecular formula is C11H17NO. The smallest absolute Gasteiger partial charge is 0.148 e. The number of Topliss-reactive ketones (excluding diaryl/α,β-unsaturated/α-hetero) is 1. The van der Waals surface area contributed by atoms with Crippen molar-refractivity contribution in [3.8, 4) is 0 Å². The second kappa shape index (κ2) is 2.57. The summed E-state index contributed by atoms with van der Waals surface area (Å²) in [6, 6.07) is 0. The maximum absolute atomic E-state index is 11.1. The van der Waals surface area contributed by atoms with Crippen LogP contribution in [0.2, 0.25) is 0 Å². The second-order valence-corrected chi connectivity index (χ2v) is 5.14. The molecule has 3 aliphatic rings. The largest absolute Gasteiger partial charge is 0.298 e. The van der Waals surface area contributed by atoms with E-state index in [9.17, 15) is 4.79 Å². The quantitative estimate of drug-likeness (QED) is 0.653. The molecule has 0 N–H and O–H groups in total. The molecule has 1 heterocycles. The molecule has 2 heteroatoms. The minimum atomic E-state index is 0.451. The van der Waals surface area contributed by atoms with Crippen LogP contribution in [0.1, 0.15) is 32.1 Å². The molecule has 1 aliphatic heterocycles. The Hall–Kier alpha value is -0.370. The van der Waals surface area contributed by atoms with E-state index in [1.807, 2.05) is 0 Å². The second-order valence-electron chi connectivity index (χ2n) is 5.14. The van der Waals surface area contributed by atoms with E-state index in [0.717, 1.165) is 25.4 Å². The Morgan fingerprint density at radius 3 is 2.62 bits per heavy atom. The topological polar surface area (TPSA) is 20.3 Å². The third-order valence-electron chi connectivity index (χ3n) is 3.98. The first kappa shape index (κ1) is 7.98. The van der Waals surface area contributed by atoms with Crippen LogP contribution in [0.25, 0.3) is 0 Å². The van der Waals surface area contributed by atoms with Crippen molar-refractivity contribution >= 4 is 5.78 Å². The van der Waals surface area contributed by atoms with Gasteiger partial charge in [-0.2, -0.15) is 0 Å². The number of ketones is 1. The van der Waals surface area contributed by atoms with Crippen molar-refractivity contribution in [2.24, 2.45) is 11.3 Å². The molecular weight excluding hydrogens is 162 g/mol. The molecule has 0 aromatic carbocycles. The maximum atomic E-state index is 11.1. The van der Waals surface area contributed by atoms with E-state index in [4.69, 9.17) is 0 Å². The van der Waals surface area contributed by atoms with Gasteiger partial charge in [0.1, 0.15) is 5.78 Å². The van der Waals surface area contributed by atoms with Crippen LogP contribution in [0.5, 0.6) is 0 Å². The average molecular weight is 179 g/mol. The molecule has 13 heavy (non-hydrogen) atoms. The molecule has 2 saturated carbocycles. The number of rotatable bonds is 3. The Morgan fingerprint density at radius 1 is 1.38 bits per heavy atom. The molecule has 0 unspecified atom stereocenters. The molecule has 1 saturated heterocycles. The van der Waals surface area contributed by atoms with Crippen LogP contribution in [0.3, 0.4) is 0 Å². The van der Waals surface area contributed by atoms with Crippen LogP contribution in [0.15, 0.2) is 0 Å². The zero-order chi connectivity index (χ0) is 8.89. The van der Waals surface area contributed by atoms with Crippen molar-refractivity contribution in [2.45, 2.75) is 32.1 Å². The molecule has 0 atom stereocenters. The Balaban J connectivity index is 1.59. The highest BCUT2D eigenvalue weighted by Crippen LogP contribution is 2.61. The number of nitrogens with zero attached hydrogens (tertiary/aromatic N) is 1. The molecule has 3 rings (SSSR count). The predicted octanol–water partition coefficient (Wildman–Crippen LogP) is 1.45. The molecule has 0 aromatic rings. The highest BCUT2D eigenvalue weighted by atomic mass is 16.1. The molecule has 2 nitrogen and oxygen atoms in total. The van der Waals surface area contributed by atoms with E-state index in [1.54, 1.807) is 0 Å². The molecule has 0 bridgehead atoms. The zero-order valence-corrected chi connectivity index (χ0v) is 8.09. The van der Waals surface area contributed by atoms with Gasteiger partial charge in [-0.15, -0.1) is 0 Å². The minimum Gasteiger partial charge on any atom is -0.298 e. The highest BCUT2D eigenvalue weighted by Gasteiger charge is 2.54. The summed E-state index contributed by atoms with van der Waals surface area (Å²) >= 11 is 0. The van der Waals surface area contributed by atoms with Gasteiger partial charge in [-0.05, 0) is 37.0 Å². The highest BCUT2D eigenvalue weighted by molar-refractivity contribution is 5.82. The number of hydrogen-bond acceptors (Lipinski definition) is 2. The number of carbonyl (C=O) groups is 1. The number of hydrogen-bond donors (Lipinski definition) is 0. The molecule has 0 radical (unpaired) electrons. The van der Waals surface area contributed by atoms with Gasteiger partial charge in [-0.25, -0.2) is 0 Å². The van der Waals surface area contributed by atoms with Crippen LogP contribution in [0.4, 0.5) is 0 Å². The van der Waals surface area contributed by atoms with Gasteiger partial charge in [0.25, 0.3) is 0 Å². The van der Waals surface area contributed by atoms with Gasteiger partial charge < -0.3 is 0 Å². The zero-order valence-electron chi connectivity index (χ0n) is 8.09. The van der Waals surface area contributed by atoms with Gasteiger partial charge in [0.15, 0.2) is 0 Å². The van der Waals surface area contributed by atoms with E-state index in [-0.39, 0.29) is 0 Å². The van der Waals surface area contributed by atoms with Crippen molar-refractivity contribution in [2.75, 3.05) is 19.6 Å². The Kier molecular flexibility index (Phi) is 1.58. The van der Waals surface area contributed by atoms with E-state index in [1.165, 1.54) is 32.2 Å². The van der Waals surface area contributed by atoms with Crippen LogP contribution in [0, 0.1) is 11.3 Å². The lowest BCUT2D eigenvalue weighted by atomic mass is 10.0. The number of carbonyl (C=O) groups excluding carboxylic acids is 1. The summed E-state index contributed by atoms with van der Waals surface area (Å²) in [6.07, 6.45) is 6.59. The SMILES string of the molecule is O=C1CCN(CC2(C3CC3)CC2)C1. The van der Waals surface area contributed by atoms with Gasteiger partial charge in [-0.1, -0.05) is 0 Å². The van der Waals surface area contributed by atoms with Gasteiger partial charge in [0.2, 0.25) is 0 Å². The summed E-state index contributed by atoms with van der Waals surface area (Å²) in [5, 5.41) is 0. The van der Waals surface area contributed by atoms with Crippen molar-refractivity contribution in [3.63, 3.8) is 0 Å². The molecule has 0 spiro atoms. The van der Waals surface area contributed by atoms with Gasteiger partial charge >= 0.3 is 0 Å². The van der Waals surface area contributed by atoms with E-state index in [0.29, 0.717) is 11.2 Å². The van der Waals surface area contributed by atoms with E-state index < -0.39 is 0 Å². The first-order valence-corrected chi connectivity index (χ1v) is 5.53. The Morgan fingerprint density at radius 2 is 2.15 bits per heavy atom. The first-order chi connectivity index (χ1) is 6.28. The normalized spacial score (nSPS) is 32.5. The van der Waals surface area contributed by atoms with Crippen molar-refractivity contribution < 1.29 is 4.79 Å². The van der Waals surface area contributed by atoms with Crippen molar-refractivity contribution in [1.82, 2.24) is 4.90 Å². The Bertz CT molecular complexity index is 240. The third-order valence-corrected chi connectivity index (χ3v) is 3.98. The molecule has 3 fully saturated rings. The summed E-state index contributed by atoms with van der Waals surface area (Å²) in [4.78, 5) is 13.5. The predicted molar refractivity (Wildman–Crippen MR) is 50.5 cm³/mol. The lowest BCUT2D eigenvalue weighted by molar-refractivity contribution is -0.116. The Labute approximate surface area is 79.3 Å². The minimum absolute atomic E-state index is 0.451. The monoisotopic (exact) mass is 179 g/mol. The van der Waals surface area contributed by atoms with Crippen molar-refractivity contribution in [1.29, 1.82) is 0 Å². The first-order valence-electron chi connectivity index (χ1n) is 5.53. The fraction of sp³-hybridized carbons (Fsp3) is 0.909. The van der Waals surface area contributed by atoms with E-state index in [2.05, 4.69) is 4.90 Å². The van der Waals surface area contributed by atoms with Crippen LogP contribution in [-0.2, 0) is 4.79 Å². The summed E-state index contributed by atoms with van der Waals surface area (Å²) in [5.74, 6) is 1.48. The fourth-order valence-electron chi connectivity index (χ4n) is 2.82. The summed E-state index contributed by atoms with van der Waals surface area (Å²) < 4.78 is 0. The summed E-state index contributed by atoms with van der Waals surface area (Å²) in [6.45, 7) is 3.01. The fourth-order valence-corrected chi connectivity index (χ4v) is 2.82.